The molecule has 0 radical (unpaired) electrons. The van der Waals surface area contributed by atoms with Crippen LogP contribution in [0.25, 0.3) is 0 Å². The van der Waals surface area contributed by atoms with Gasteiger partial charge in [0.1, 0.15) is 17.7 Å². The van der Waals surface area contributed by atoms with Crippen LogP contribution in [0.4, 0.5) is 4.79 Å². The first-order valence-electron chi connectivity index (χ1n) is 8.38. The van der Waals surface area contributed by atoms with Gasteiger partial charge in [0.05, 0.1) is 0 Å². The van der Waals surface area contributed by atoms with Gasteiger partial charge < -0.3 is 25.8 Å². The van der Waals surface area contributed by atoms with E-state index in [9.17, 15) is 19.5 Å². The molecule has 0 aromatic carbocycles. The molecule has 0 saturated carbocycles. The van der Waals surface area contributed by atoms with Gasteiger partial charge in [-0.15, -0.1) is 0 Å². The third-order valence-electron chi connectivity index (χ3n) is 3.76. The van der Waals surface area contributed by atoms with Gasteiger partial charge in [-0.3, -0.25) is 4.79 Å². The van der Waals surface area contributed by atoms with Crippen LogP contribution in [0.3, 0.4) is 0 Å². The van der Waals surface area contributed by atoms with Gasteiger partial charge in [-0.05, 0) is 59.4 Å². The smallest absolute Gasteiger partial charge is 0.408 e. The minimum atomic E-state index is -1.01. The Morgan fingerprint density at radius 3 is 2.54 bits per heavy atom. The van der Waals surface area contributed by atoms with Crippen molar-refractivity contribution in [2.24, 2.45) is 5.73 Å². The highest BCUT2D eigenvalue weighted by Crippen LogP contribution is 2.20. The van der Waals surface area contributed by atoms with E-state index in [1.807, 2.05) is 0 Å². The van der Waals surface area contributed by atoms with E-state index >= 15 is 0 Å². The summed E-state index contributed by atoms with van der Waals surface area (Å²) in [5.41, 5.74) is 4.80. The number of ether oxygens (including phenoxy) is 1. The normalized spacial score (nSPS) is 19.0. The number of carboxylic acid groups (broad SMARTS) is 1. The molecule has 1 fully saturated rings. The van der Waals surface area contributed by atoms with Gasteiger partial charge in [-0.1, -0.05) is 0 Å². The van der Waals surface area contributed by atoms with Gasteiger partial charge >= 0.3 is 12.1 Å². The van der Waals surface area contributed by atoms with Crippen molar-refractivity contribution in [3.63, 3.8) is 0 Å². The summed E-state index contributed by atoms with van der Waals surface area (Å²) >= 11 is 0. The lowest BCUT2D eigenvalue weighted by Crippen LogP contribution is -2.52. The Morgan fingerprint density at radius 1 is 1.33 bits per heavy atom. The van der Waals surface area contributed by atoms with E-state index in [4.69, 9.17) is 10.5 Å². The zero-order chi connectivity index (χ0) is 18.3. The first kappa shape index (κ1) is 20.2. The maximum absolute atomic E-state index is 12.7. The fourth-order valence-corrected chi connectivity index (χ4v) is 2.69. The molecule has 24 heavy (non-hydrogen) atoms. The number of rotatable bonds is 7. The number of likely N-dealkylation sites (tertiary alicyclic amines) is 1. The molecule has 0 unspecified atom stereocenters. The molecule has 138 valence electrons. The van der Waals surface area contributed by atoms with Gasteiger partial charge in [0.25, 0.3) is 0 Å². The van der Waals surface area contributed by atoms with Crippen LogP contribution in [0.1, 0.15) is 52.9 Å². The Labute approximate surface area is 142 Å². The molecule has 1 aliphatic heterocycles. The number of carbonyl (C=O) groups excluding carboxylic acids is 2. The predicted molar refractivity (Wildman–Crippen MR) is 88.4 cm³/mol. The molecule has 0 spiro atoms. The highest BCUT2D eigenvalue weighted by molar-refractivity contribution is 5.89. The summed E-state index contributed by atoms with van der Waals surface area (Å²) in [6.45, 7) is 6.09. The summed E-state index contributed by atoms with van der Waals surface area (Å²) in [5, 5.41) is 11.8. The largest absolute Gasteiger partial charge is 0.480 e. The van der Waals surface area contributed by atoms with Gasteiger partial charge in [-0.25, -0.2) is 9.59 Å². The fraction of sp³-hybridized carbons (Fsp3) is 0.812. The Hall–Kier alpha value is -1.83. The number of carboxylic acids is 1. The molecule has 4 N–H and O–H groups in total. The van der Waals surface area contributed by atoms with Crippen LogP contribution in [0.15, 0.2) is 0 Å². The first-order valence-corrected chi connectivity index (χ1v) is 8.38. The number of alkyl carbamates (subject to hydrolysis) is 1. The quantitative estimate of drug-likeness (QED) is 0.595. The number of amides is 2. The topological polar surface area (TPSA) is 122 Å². The van der Waals surface area contributed by atoms with Crippen LogP contribution in [-0.2, 0) is 14.3 Å². The minimum Gasteiger partial charge on any atom is -0.480 e. The summed E-state index contributed by atoms with van der Waals surface area (Å²) in [7, 11) is 0. The van der Waals surface area contributed by atoms with Crippen LogP contribution in [0.2, 0.25) is 0 Å². The standard InChI is InChI=1S/C16H29N3O5/c1-16(2,3)24-15(23)18-11(7-4-5-9-17)13(20)19-10-6-8-12(19)14(21)22/h11-12H,4-10,17H2,1-3H3,(H,18,23)(H,21,22)/t11-,12-/m0/s1. The molecule has 1 heterocycles. The number of aliphatic carboxylic acids is 1. The average Bonchev–Trinajstić information content (AvgIpc) is 2.93. The van der Waals surface area contributed by atoms with Crippen molar-refractivity contribution < 1.29 is 24.2 Å². The fourth-order valence-electron chi connectivity index (χ4n) is 2.69. The maximum atomic E-state index is 12.7. The number of hydrogen-bond donors (Lipinski definition) is 3. The predicted octanol–water partition coefficient (Wildman–Crippen LogP) is 1.08. The van der Waals surface area contributed by atoms with E-state index in [2.05, 4.69) is 5.32 Å². The van der Waals surface area contributed by atoms with Crippen molar-refractivity contribution in [3.8, 4) is 0 Å². The molecule has 8 heteroatoms. The summed E-state index contributed by atoms with van der Waals surface area (Å²) in [6, 6.07) is -1.62. The van der Waals surface area contributed by atoms with Gasteiger partial charge in [0.2, 0.25) is 5.91 Å². The molecule has 1 rings (SSSR count). The Morgan fingerprint density at radius 2 is 2.00 bits per heavy atom. The number of unbranched alkanes of at least 4 members (excludes halogenated alkanes) is 1. The van der Waals surface area contributed by atoms with Crippen LogP contribution in [-0.4, -0.2) is 58.8 Å². The van der Waals surface area contributed by atoms with Gasteiger partial charge in [-0.2, -0.15) is 0 Å². The monoisotopic (exact) mass is 343 g/mol. The second-order valence-corrected chi connectivity index (χ2v) is 7.01. The third kappa shape index (κ3) is 6.35. The lowest BCUT2D eigenvalue weighted by atomic mass is 10.1. The van der Waals surface area contributed by atoms with Crippen molar-refractivity contribution in [1.82, 2.24) is 10.2 Å². The average molecular weight is 343 g/mol. The SMILES string of the molecule is CC(C)(C)OC(=O)N[C@@H](CCCCN)C(=O)N1CCC[C@H]1C(=O)O. The Balaban J connectivity index is 2.78. The number of hydrogen-bond acceptors (Lipinski definition) is 5. The summed E-state index contributed by atoms with van der Waals surface area (Å²) in [5.74, 6) is -1.39. The highest BCUT2D eigenvalue weighted by Gasteiger charge is 2.37. The third-order valence-corrected chi connectivity index (χ3v) is 3.76. The van der Waals surface area contributed by atoms with Crippen molar-refractivity contribution in [2.45, 2.75) is 70.6 Å². The number of nitrogens with two attached hydrogens (primary N) is 1. The number of nitrogens with zero attached hydrogens (tertiary/aromatic N) is 1. The molecule has 1 saturated heterocycles. The van der Waals surface area contributed by atoms with Crippen LogP contribution in [0, 0.1) is 0 Å². The molecule has 8 nitrogen and oxygen atoms in total. The van der Waals surface area contributed by atoms with E-state index in [1.165, 1.54) is 4.90 Å². The van der Waals surface area contributed by atoms with Crippen LogP contribution < -0.4 is 11.1 Å². The second kappa shape index (κ2) is 8.86. The lowest BCUT2D eigenvalue weighted by Gasteiger charge is -2.28. The number of nitrogens with one attached hydrogen (secondary N) is 1. The molecule has 2 atom stereocenters. The maximum Gasteiger partial charge on any atom is 0.408 e. The molecule has 1 aliphatic rings. The summed E-state index contributed by atoms with van der Waals surface area (Å²) < 4.78 is 5.20. The molecule has 0 aromatic rings. The van der Waals surface area contributed by atoms with Gasteiger partial charge in [0, 0.05) is 6.54 Å². The zero-order valence-corrected chi connectivity index (χ0v) is 14.7. The first-order chi connectivity index (χ1) is 11.2. The van der Waals surface area contributed by atoms with Crippen molar-refractivity contribution in [3.05, 3.63) is 0 Å². The molecule has 2 amide bonds. The lowest BCUT2D eigenvalue weighted by molar-refractivity contribution is -0.149. The van der Waals surface area contributed by atoms with E-state index in [0.29, 0.717) is 38.8 Å². The summed E-state index contributed by atoms with van der Waals surface area (Å²) in [4.78, 5) is 37.3. The van der Waals surface area contributed by atoms with E-state index < -0.39 is 29.7 Å². The van der Waals surface area contributed by atoms with Crippen LogP contribution >= 0.6 is 0 Å². The van der Waals surface area contributed by atoms with E-state index in [1.54, 1.807) is 20.8 Å². The Kier molecular flexibility index (Phi) is 7.47. The highest BCUT2D eigenvalue weighted by atomic mass is 16.6. The van der Waals surface area contributed by atoms with Crippen molar-refractivity contribution in [1.29, 1.82) is 0 Å². The zero-order valence-electron chi connectivity index (χ0n) is 14.7. The van der Waals surface area contributed by atoms with E-state index in [0.717, 1.165) is 6.42 Å². The molecule has 0 bridgehead atoms. The Bertz CT molecular complexity index is 461. The van der Waals surface area contributed by atoms with E-state index in [-0.39, 0.29) is 5.91 Å². The number of carbonyl (C=O) groups is 3. The van der Waals surface area contributed by atoms with Crippen LogP contribution in [0.5, 0.6) is 0 Å². The second-order valence-electron chi connectivity index (χ2n) is 7.01. The minimum absolute atomic E-state index is 0.372. The molecule has 0 aromatic heterocycles. The summed E-state index contributed by atoms with van der Waals surface area (Å²) in [6.07, 6.45) is 2.18. The molecule has 0 aliphatic carbocycles. The molecular formula is C16H29N3O5. The molecular weight excluding hydrogens is 314 g/mol. The van der Waals surface area contributed by atoms with Crippen molar-refractivity contribution >= 4 is 18.0 Å². The van der Waals surface area contributed by atoms with Crippen molar-refractivity contribution in [2.75, 3.05) is 13.1 Å². The van der Waals surface area contributed by atoms with Gasteiger partial charge in [0.15, 0.2) is 0 Å².